The summed E-state index contributed by atoms with van der Waals surface area (Å²) in [6, 6.07) is 4.86. The van der Waals surface area contributed by atoms with Crippen molar-refractivity contribution in [3.05, 3.63) is 28.2 Å². The Morgan fingerprint density at radius 3 is 2.39 bits per heavy atom. The Balaban J connectivity index is 3.04. The molecule has 0 aliphatic rings. The van der Waals surface area contributed by atoms with E-state index in [4.69, 9.17) is 5.11 Å². The van der Waals surface area contributed by atoms with Crippen molar-refractivity contribution in [3.8, 4) is 0 Å². The van der Waals surface area contributed by atoms with Gasteiger partial charge in [0.25, 0.3) is 0 Å². The third-order valence-electron chi connectivity index (χ3n) is 2.47. The molecule has 98 valence electrons. The lowest BCUT2D eigenvalue weighted by atomic mass is 10.1. The van der Waals surface area contributed by atoms with E-state index in [1.165, 1.54) is 11.0 Å². The first-order valence-electron chi connectivity index (χ1n) is 5.27. The van der Waals surface area contributed by atoms with Gasteiger partial charge in [-0.05, 0) is 18.2 Å². The summed E-state index contributed by atoms with van der Waals surface area (Å²) >= 11 is 3.29. The number of hydrogen-bond donors (Lipinski definition) is 1. The summed E-state index contributed by atoms with van der Waals surface area (Å²) in [4.78, 5) is 25.8. The molecule has 18 heavy (non-hydrogen) atoms. The van der Waals surface area contributed by atoms with Crippen LogP contribution in [-0.4, -0.2) is 49.6 Å². The molecule has 1 aromatic rings. The molecule has 0 heterocycles. The number of rotatable bonds is 4. The fourth-order valence-electron chi connectivity index (χ4n) is 1.43. The molecule has 1 aromatic carbocycles. The van der Waals surface area contributed by atoms with Crippen molar-refractivity contribution in [1.82, 2.24) is 4.90 Å². The van der Waals surface area contributed by atoms with Gasteiger partial charge in [0.15, 0.2) is 0 Å². The van der Waals surface area contributed by atoms with Crippen molar-refractivity contribution in [2.45, 2.75) is 0 Å². The van der Waals surface area contributed by atoms with Crippen molar-refractivity contribution < 1.29 is 14.7 Å². The summed E-state index contributed by atoms with van der Waals surface area (Å²) in [5.74, 6) is -1.10. The monoisotopic (exact) mass is 314 g/mol. The molecule has 0 unspecified atom stereocenters. The van der Waals surface area contributed by atoms with E-state index in [0.29, 0.717) is 5.69 Å². The van der Waals surface area contributed by atoms with Gasteiger partial charge in [0, 0.05) is 25.6 Å². The van der Waals surface area contributed by atoms with E-state index >= 15 is 0 Å². The lowest BCUT2D eigenvalue weighted by molar-refractivity contribution is -0.127. The molecule has 0 spiro atoms. The number of halogens is 1. The minimum atomic E-state index is -1.01. The third kappa shape index (κ3) is 3.46. The lowest BCUT2D eigenvalue weighted by Crippen LogP contribution is -2.35. The van der Waals surface area contributed by atoms with Crippen LogP contribution < -0.4 is 4.90 Å². The normalized spacial score (nSPS) is 10.0. The zero-order valence-electron chi connectivity index (χ0n) is 10.5. The molecule has 0 saturated carbocycles. The van der Waals surface area contributed by atoms with Gasteiger partial charge in [-0.15, -0.1) is 0 Å². The zero-order chi connectivity index (χ0) is 13.9. The molecule has 0 fully saturated rings. The zero-order valence-corrected chi connectivity index (χ0v) is 12.1. The Hall–Kier alpha value is -1.56. The number of carbonyl (C=O) groups excluding carboxylic acids is 1. The van der Waals surface area contributed by atoms with Crippen molar-refractivity contribution in [2.24, 2.45) is 0 Å². The number of carboxylic acids is 1. The van der Waals surface area contributed by atoms with E-state index in [-0.39, 0.29) is 18.0 Å². The van der Waals surface area contributed by atoms with Crippen LogP contribution in [0.5, 0.6) is 0 Å². The fourth-order valence-corrected chi connectivity index (χ4v) is 1.78. The quantitative estimate of drug-likeness (QED) is 0.918. The number of carbonyl (C=O) groups is 2. The van der Waals surface area contributed by atoms with Crippen molar-refractivity contribution in [1.29, 1.82) is 0 Å². The van der Waals surface area contributed by atoms with Crippen LogP contribution in [0.15, 0.2) is 22.7 Å². The molecule has 0 aliphatic heterocycles. The number of amides is 1. The molecule has 5 nitrogen and oxygen atoms in total. The minimum Gasteiger partial charge on any atom is -0.478 e. The predicted molar refractivity (Wildman–Crippen MR) is 73.1 cm³/mol. The average Bonchev–Trinajstić information content (AvgIpc) is 2.28. The highest BCUT2D eigenvalue weighted by Gasteiger charge is 2.16. The largest absolute Gasteiger partial charge is 0.478 e. The second kappa shape index (κ2) is 5.86. The standard InChI is InChI=1S/C12H15BrN2O3/c1-14(2)11(16)7-15(3)10-6-8(13)4-5-9(10)12(17)18/h4-6H,7H2,1-3H3,(H,17,18). The smallest absolute Gasteiger partial charge is 0.337 e. The summed E-state index contributed by atoms with van der Waals surface area (Å²) in [5, 5.41) is 9.11. The maximum atomic E-state index is 11.6. The Morgan fingerprint density at radius 2 is 1.89 bits per heavy atom. The first-order valence-corrected chi connectivity index (χ1v) is 6.06. The van der Waals surface area contributed by atoms with Gasteiger partial charge in [-0.2, -0.15) is 0 Å². The van der Waals surface area contributed by atoms with Crippen LogP contribution in [-0.2, 0) is 4.79 Å². The third-order valence-corrected chi connectivity index (χ3v) is 2.97. The van der Waals surface area contributed by atoms with Gasteiger partial charge in [0.1, 0.15) is 0 Å². The van der Waals surface area contributed by atoms with E-state index in [2.05, 4.69) is 15.9 Å². The predicted octanol–water partition coefficient (Wildman–Crippen LogP) is 1.67. The molecule has 0 radical (unpaired) electrons. The van der Waals surface area contributed by atoms with Crippen molar-refractivity contribution in [3.63, 3.8) is 0 Å². The first kappa shape index (κ1) is 14.5. The molecule has 6 heteroatoms. The number of carboxylic acid groups (broad SMARTS) is 1. The van der Waals surface area contributed by atoms with Gasteiger partial charge in [-0.3, -0.25) is 4.79 Å². The highest BCUT2D eigenvalue weighted by Crippen LogP contribution is 2.24. The number of benzene rings is 1. The number of anilines is 1. The van der Waals surface area contributed by atoms with Gasteiger partial charge in [0.05, 0.1) is 17.8 Å². The second-order valence-electron chi connectivity index (χ2n) is 4.11. The molecule has 0 aromatic heterocycles. The first-order chi connectivity index (χ1) is 8.32. The highest BCUT2D eigenvalue weighted by atomic mass is 79.9. The van der Waals surface area contributed by atoms with Gasteiger partial charge in [-0.25, -0.2) is 4.79 Å². The second-order valence-corrected chi connectivity index (χ2v) is 5.03. The van der Waals surface area contributed by atoms with Gasteiger partial charge < -0.3 is 14.9 Å². The van der Waals surface area contributed by atoms with E-state index in [1.54, 1.807) is 38.2 Å². The summed E-state index contributed by atoms with van der Waals surface area (Å²) < 4.78 is 0.770. The number of likely N-dealkylation sites (N-methyl/N-ethyl adjacent to an activating group) is 2. The molecule has 1 N–H and O–H groups in total. The van der Waals surface area contributed by atoms with Gasteiger partial charge >= 0.3 is 5.97 Å². The molecular weight excluding hydrogens is 300 g/mol. The number of aromatic carboxylic acids is 1. The molecule has 0 atom stereocenters. The van der Waals surface area contributed by atoms with Crippen LogP contribution in [0.25, 0.3) is 0 Å². The van der Waals surface area contributed by atoms with Crippen LogP contribution >= 0.6 is 15.9 Å². The molecule has 0 saturated heterocycles. The Morgan fingerprint density at radius 1 is 1.28 bits per heavy atom. The Kier molecular flexibility index (Phi) is 4.72. The summed E-state index contributed by atoms with van der Waals surface area (Å²) in [6.45, 7) is 0.129. The molecule has 1 rings (SSSR count). The molecule has 0 bridgehead atoms. The summed E-state index contributed by atoms with van der Waals surface area (Å²) in [6.07, 6.45) is 0. The van der Waals surface area contributed by atoms with Gasteiger partial charge in [0.2, 0.25) is 5.91 Å². The van der Waals surface area contributed by atoms with E-state index < -0.39 is 5.97 Å². The van der Waals surface area contributed by atoms with E-state index in [0.717, 1.165) is 4.47 Å². The molecule has 1 amide bonds. The Bertz CT molecular complexity index is 474. The average molecular weight is 315 g/mol. The van der Waals surface area contributed by atoms with Gasteiger partial charge in [-0.1, -0.05) is 15.9 Å². The number of hydrogen-bond acceptors (Lipinski definition) is 3. The number of nitrogens with zero attached hydrogens (tertiary/aromatic N) is 2. The van der Waals surface area contributed by atoms with Crippen LogP contribution in [0.3, 0.4) is 0 Å². The fraction of sp³-hybridized carbons (Fsp3) is 0.333. The topological polar surface area (TPSA) is 60.9 Å². The van der Waals surface area contributed by atoms with Crippen molar-refractivity contribution in [2.75, 3.05) is 32.6 Å². The van der Waals surface area contributed by atoms with Crippen LogP contribution in [0.1, 0.15) is 10.4 Å². The molecule has 0 aliphatic carbocycles. The van der Waals surface area contributed by atoms with Crippen LogP contribution in [0.4, 0.5) is 5.69 Å². The van der Waals surface area contributed by atoms with E-state index in [1.807, 2.05) is 0 Å². The van der Waals surface area contributed by atoms with Crippen LogP contribution in [0.2, 0.25) is 0 Å². The highest BCUT2D eigenvalue weighted by molar-refractivity contribution is 9.10. The van der Waals surface area contributed by atoms with Crippen LogP contribution in [0, 0.1) is 0 Å². The maximum Gasteiger partial charge on any atom is 0.337 e. The minimum absolute atomic E-state index is 0.0891. The molecular formula is C12H15BrN2O3. The summed E-state index contributed by atoms with van der Waals surface area (Å²) in [5.41, 5.74) is 0.680. The Labute approximate surface area is 114 Å². The van der Waals surface area contributed by atoms with E-state index in [9.17, 15) is 9.59 Å². The summed E-state index contributed by atoms with van der Waals surface area (Å²) in [7, 11) is 5.01. The maximum absolute atomic E-state index is 11.6. The van der Waals surface area contributed by atoms with Crippen molar-refractivity contribution >= 4 is 33.5 Å². The lowest BCUT2D eigenvalue weighted by Gasteiger charge is -2.22. The SMILES string of the molecule is CN(C)C(=O)CN(C)c1cc(Br)ccc1C(=O)O.